The Balaban J connectivity index is 1.33. The summed E-state index contributed by atoms with van der Waals surface area (Å²) >= 11 is 0. The maximum Gasteiger partial charge on any atom is 0.343 e. The molecule has 0 aliphatic carbocycles. The first-order valence-corrected chi connectivity index (χ1v) is 9.35. The number of H-pyrrole nitrogens is 1. The van der Waals surface area contributed by atoms with Crippen LogP contribution in [0.1, 0.15) is 25.6 Å². The lowest BCUT2D eigenvalue weighted by Gasteiger charge is -2.31. The molecule has 4 rings (SSSR count). The number of nitrogens with one attached hydrogen (secondary N) is 1. The van der Waals surface area contributed by atoms with E-state index in [2.05, 4.69) is 20.4 Å². The van der Waals surface area contributed by atoms with Gasteiger partial charge in [-0.05, 0) is 37.8 Å². The number of piperidine rings is 1. The Hall–Kier alpha value is -2.97. The van der Waals surface area contributed by atoms with Crippen molar-refractivity contribution in [1.29, 1.82) is 0 Å². The van der Waals surface area contributed by atoms with Crippen LogP contribution in [0.25, 0.3) is 11.0 Å². The van der Waals surface area contributed by atoms with Gasteiger partial charge in [-0.2, -0.15) is 20.1 Å². The fraction of sp³-hybridized carbons (Fsp3) is 0.500. The smallest absolute Gasteiger partial charge is 0.341 e. The van der Waals surface area contributed by atoms with Crippen molar-refractivity contribution in [3.63, 3.8) is 0 Å². The average molecular weight is 369 g/mol. The number of carbonyl (C=O) groups excluding carboxylic acids is 1. The molecule has 1 N–H and O–H groups in total. The Morgan fingerprint density at radius 3 is 2.48 bits per heavy atom. The number of amides is 1. The SMILES string of the molecule is CCn1c(CC2CCN(C(=O)Cn3nc4ccccc4n3)CC2)n[nH]c1=O. The van der Waals surface area contributed by atoms with Gasteiger partial charge in [0.15, 0.2) is 0 Å². The van der Waals surface area contributed by atoms with Crippen LogP contribution in [0.4, 0.5) is 0 Å². The molecule has 0 spiro atoms. The van der Waals surface area contributed by atoms with Gasteiger partial charge in [-0.3, -0.25) is 9.36 Å². The zero-order chi connectivity index (χ0) is 18.8. The zero-order valence-electron chi connectivity index (χ0n) is 15.3. The molecular weight excluding hydrogens is 346 g/mol. The van der Waals surface area contributed by atoms with Crippen molar-refractivity contribution >= 4 is 16.9 Å². The number of aromatic nitrogens is 6. The molecule has 3 heterocycles. The third kappa shape index (κ3) is 3.62. The van der Waals surface area contributed by atoms with Gasteiger partial charge in [0.2, 0.25) is 5.91 Å². The molecule has 1 saturated heterocycles. The van der Waals surface area contributed by atoms with E-state index in [4.69, 9.17) is 0 Å². The summed E-state index contributed by atoms with van der Waals surface area (Å²) in [6.07, 6.45) is 2.58. The maximum absolute atomic E-state index is 12.6. The summed E-state index contributed by atoms with van der Waals surface area (Å²) in [6.45, 7) is 4.14. The van der Waals surface area contributed by atoms with Crippen LogP contribution in [0, 0.1) is 5.92 Å². The van der Waals surface area contributed by atoms with E-state index >= 15 is 0 Å². The van der Waals surface area contributed by atoms with Crippen LogP contribution in [-0.4, -0.2) is 53.7 Å². The second-order valence-electron chi connectivity index (χ2n) is 6.94. The van der Waals surface area contributed by atoms with Gasteiger partial charge in [0.1, 0.15) is 23.4 Å². The highest BCUT2D eigenvalue weighted by molar-refractivity contribution is 5.77. The van der Waals surface area contributed by atoms with Crippen LogP contribution in [0.3, 0.4) is 0 Å². The molecule has 1 amide bonds. The molecule has 1 aliphatic rings. The number of fused-ring (bicyclic) bond motifs is 1. The fourth-order valence-electron chi connectivity index (χ4n) is 3.67. The molecule has 1 aliphatic heterocycles. The summed E-state index contributed by atoms with van der Waals surface area (Å²) in [5, 5.41) is 15.4. The van der Waals surface area contributed by atoms with Crippen molar-refractivity contribution in [3.05, 3.63) is 40.6 Å². The van der Waals surface area contributed by atoms with Crippen molar-refractivity contribution in [2.24, 2.45) is 5.92 Å². The molecule has 1 fully saturated rings. The van der Waals surface area contributed by atoms with Crippen LogP contribution in [-0.2, 0) is 24.3 Å². The average Bonchev–Trinajstić information content (AvgIpc) is 3.24. The molecule has 3 aromatic rings. The standard InChI is InChI=1S/C18H23N7O2/c1-2-24-16(19-20-18(24)27)11-13-7-9-23(10-8-13)17(26)12-25-21-14-5-3-4-6-15(14)22-25/h3-6,13H,2,7-12H2,1H3,(H,20,27). The fourth-order valence-corrected chi connectivity index (χ4v) is 3.67. The van der Waals surface area contributed by atoms with Gasteiger partial charge in [0, 0.05) is 26.1 Å². The second kappa shape index (κ2) is 7.34. The minimum atomic E-state index is -0.153. The highest BCUT2D eigenvalue weighted by atomic mass is 16.2. The predicted molar refractivity (Wildman–Crippen MR) is 99.1 cm³/mol. The first-order valence-electron chi connectivity index (χ1n) is 9.35. The first-order chi connectivity index (χ1) is 13.1. The molecular formula is C18H23N7O2. The summed E-state index contributed by atoms with van der Waals surface area (Å²) in [4.78, 5) is 27.6. The van der Waals surface area contributed by atoms with Gasteiger partial charge >= 0.3 is 5.69 Å². The molecule has 9 heteroatoms. The summed E-state index contributed by atoms with van der Waals surface area (Å²) < 4.78 is 1.67. The number of hydrogen-bond donors (Lipinski definition) is 1. The van der Waals surface area contributed by atoms with Gasteiger partial charge in [0.05, 0.1) is 0 Å². The van der Waals surface area contributed by atoms with Crippen LogP contribution >= 0.6 is 0 Å². The Labute approximate surface area is 156 Å². The summed E-state index contributed by atoms with van der Waals surface area (Å²) in [7, 11) is 0. The zero-order valence-corrected chi connectivity index (χ0v) is 15.3. The van der Waals surface area contributed by atoms with Crippen LogP contribution in [0.15, 0.2) is 29.1 Å². The van der Waals surface area contributed by atoms with E-state index in [1.807, 2.05) is 36.1 Å². The third-order valence-corrected chi connectivity index (χ3v) is 5.20. The van der Waals surface area contributed by atoms with Crippen LogP contribution in [0.2, 0.25) is 0 Å². The minimum Gasteiger partial charge on any atom is -0.341 e. The summed E-state index contributed by atoms with van der Waals surface area (Å²) in [6, 6.07) is 7.59. The topological polar surface area (TPSA) is 102 Å². The normalized spacial score (nSPS) is 15.5. The third-order valence-electron chi connectivity index (χ3n) is 5.20. The van der Waals surface area contributed by atoms with Crippen LogP contribution in [0.5, 0.6) is 0 Å². The Kier molecular flexibility index (Phi) is 4.74. The highest BCUT2D eigenvalue weighted by Crippen LogP contribution is 2.21. The lowest BCUT2D eigenvalue weighted by Crippen LogP contribution is -2.41. The molecule has 0 radical (unpaired) electrons. The second-order valence-corrected chi connectivity index (χ2v) is 6.94. The highest BCUT2D eigenvalue weighted by Gasteiger charge is 2.25. The van der Waals surface area contributed by atoms with Crippen molar-refractivity contribution in [1.82, 2.24) is 34.7 Å². The van der Waals surface area contributed by atoms with Gasteiger partial charge < -0.3 is 4.90 Å². The van der Waals surface area contributed by atoms with E-state index in [1.54, 1.807) is 4.57 Å². The lowest BCUT2D eigenvalue weighted by atomic mass is 9.93. The number of nitrogens with zero attached hydrogens (tertiary/aromatic N) is 6. The van der Waals surface area contributed by atoms with Gasteiger partial charge in [-0.1, -0.05) is 12.1 Å². The van der Waals surface area contributed by atoms with E-state index in [0.29, 0.717) is 25.6 Å². The van der Waals surface area contributed by atoms with Crippen molar-refractivity contribution in [2.45, 2.75) is 39.3 Å². The van der Waals surface area contributed by atoms with Gasteiger partial charge in [0.25, 0.3) is 0 Å². The first kappa shape index (κ1) is 17.4. The lowest BCUT2D eigenvalue weighted by molar-refractivity contribution is -0.133. The van der Waals surface area contributed by atoms with E-state index in [-0.39, 0.29) is 18.1 Å². The van der Waals surface area contributed by atoms with Gasteiger partial charge in [-0.15, -0.1) is 0 Å². The number of hydrogen-bond acceptors (Lipinski definition) is 5. The Morgan fingerprint density at radius 1 is 1.19 bits per heavy atom. The molecule has 27 heavy (non-hydrogen) atoms. The monoisotopic (exact) mass is 369 g/mol. The molecule has 0 bridgehead atoms. The minimum absolute atomic E-state index is 0.0407. The number of carbonyl (C=O) groups is 1. The molecule has 142 valence electrons. The molecule has 0 unspecified atom stereocenters. The van der Waals surface area contributed by atoms with E-state index in [0.717, 1.165) is 36.1 Å². The Bertz CT molecular complexity index is 961. The number of aromatic amines is 1. The largest absolute Gasteiger partial charge is 0.343 e. The number of rotatable bonds is 5. The van der Waals surface area contributed by atoms with Crippen LogP contribution < -0.4 is 5.69 Å². The van der Waals surface area contributed by atoms with Gasteiger partial charge in [-0.25, -0.2) is 9.89 Å². The van der Waals surface area contributed by atoms with E-state index in [9.17, 15) is 9.59 Å². The van der Waals surface area contributed by atoms with Crippen molar-refractivity contribution in [2.75, 3.05) is 13.1 Å². The maximum atomic E-state index is 12.6. The molecule has 0 saturated carbocycles. The Morgan fingerprint density at radius 2 is 1.85 bits per heavy atom. The summed E-state index contributed by atoms with van der Waals surface area (Å²) in [5.41, 5.74) is 1.44. The molecule has 2 aromatic heterocycles. The molecule has 1 aromatic carbocycles. The molecule has 0 atom stereocenters. The van der Waals surface area contributed by atoms with E-state index < -0.39 is 0 Å². The number of benzene rings is 1. The molecule has 9 nitrogen and oxygen atoms in total. The quantitative estimate of drug-likeness (QED) is 0.717. The van der Waals surface area contributed by atoms with Crippen molar-refractivity contribution < 1.29 is 4.79 Å². The van der Waals surface area contributed by atoms with Crippen molar-refractivity contribution in [3.8, 4) is 0 Å². The van der Waals surface area contributed by atoms with E-state index in [1.165, 1.54) is 4.80 Å². The predicted octanol–water partition coefficient (Wildman–Crippen LogP) is 0.817. The summed E-state index contributed by atoms with van der Waals surface area (Å²) in [5.74, 6) is 1.28. The number of likely N-dealkylation sites (tertiary alicyclic amines) is 1.